The van der Waals surface area contributed by atoms with Gasteiger partial charge < -0.3 is 4.74 Å². The van der Waals surface area contributed by atoms with Crippen LogP contribution in [0, 0.1) is 0 Å². The van der Waals surface area contributed by atoms with E-state index in [1.165, 1.54) is 10.8 Å². The van der Waals surface area contributed by atoms with Crippen LogP contribution in [0.5, 0.6) is 5.88 Å². The van der Waals surface area contributed by atoms with E-state index in [1.54, 1.807) is 13.3 Å². The Labute approximate surface area is 123 Å². The fraction of sp³-hybridized carbons (Fsp3) is 0.118. The van der Waals surface area contributed by atoms with Crippen LogP contribution < -0.4 is 16.0 Å². The van der Waals surface area contributed by atoms with E-state index in [9.17, 15) is 0 Å². The first-order valence-electron chi connectivity index (χ1n) is 6.77. The topological polar surface area (TPSA) is 60.2 Å². The number of rotatable bonds is 4. The van der Waals surface area contributed by atoms with Crippen LogP contribution in [0.1, 0.15) is 17.2 Å². The first-order valence-corrected chi connectivity index (χ1v) is 6.77. The number of pyridine rings is 1. The number of nitrogens with zero attached hydrogens (tertiary/aromatic N) is 1. The average Bonchev–Trinajstić information content (AvgIpc) is 2.56. The summed E-state index contributed by atoms with van der Waals surface area (Å²) in [7, 11) is 1.61. The minimum Gasteiger partial charge on any atom is -0.481 e. The number of benzene rings is 2. The molecule has 0 fully saturated rings. The van der Waals surface area contributed by atoms with E-state index >= 15 is 0 Å². The summed E-state index contributed by atoms with van der Waals surface area (Å²) >= 11 is 0. The van der Waals surface area contributed by atoms with Crippen molar-refractivity contribution >= 4 is 10.8 Å². The molecule has 3 N–H and O–H groups in total. The van der Waals surface area contributed by atoms with Gasteiger partial charge in [-0.2, -0.15) is 0 Å². The van der Waals surface area contributed by atoms with Gasteiger partial charge in [-0.3, -0.25) is 5.84 Å². The predicted molar refractivity (Wildman–Crippen MR) is 83.9 cm³/mol. The minimum absolute atomic E-state index is 0.168. The van der Waals surface area contributed by atoms with Crippen LogP contribution >= 0.6 is 0 Å². The Balaban J connectivity index is 2.09. The molecule has 0 spiro atoms. The molecule has 1 unspecified atom stereocenters. The molecule has 0 aliphatic rings. The molecular formula is C17H17N3O. The predicted octanol–water partition coefficient (Wildman–Crippen LogP) is 2.80. The van der Waals surface area contributed by atoms with E-state index in [2.05, 4.69) is 40.7 Å². The maximum absolute atomic E-state index is 5.77. The molecule has 0 bridgehead atoms. The third-order valence-electron chi connectivity index (χ3n) is 3.58. The molecule has 4 heteroatoms. The van der Waals surface area contributed by atoms with Crippen LogP contribution in [0.2, 0.25) is 0 Å². The number of hydrogen-bond acceptors (Lipinski definition) is 4. The number of ether oxygens (including phenoxy) is 1. The first-order chi connectivity index (χ1) is 10.3. The van der Waals surface area contributed by atoms with Crippen LogP contribution in [-0.4, -0.2) is 12.1 Å². The Bertz CT molecular complexity index is 758. The number of nitrogens with one attached hydrogen (secondary N) is 1. The van der Waals surface area contributed by atoms with Gasteiger partial charge in [0.2, 0.25) is 5.88 Å². The van der Waals surface area contributed by atoms with Gasteiger partial charge in [-0.15, -0.1) is 0 Å². The number of hydrogen-bond donors (Lipinski definition) is 2. The number of aromatic nitrogens is 1. The van der Waals surface area contributed by atoms with Crippen molar-refractivity contribution in [1.29, 1.82) is 0 Å². The highest BCUT2D eigenvalue weighted by atomic mass is 16.5. The highest BCUT2D eigenvalue weighted by Crippen LogP contribution is 2.29. The van der Waals surface area contributed by atoms with Crippen molar-refractivity contribution < 1.29 is 4.74 Å². The van der Waals surface area contributed by atoms with Crippen LogP contribution in [0.4, 0.5) is 0 Å². The molecule has 3 aromatic rings. The molecule has 0 aliphatic heterocycles. The molecule has 0 radical (unpaired) electrons. The molecule has 0 saturated carbocycles. The number of nitrogens with two attached hydrogens (primary N) is 1. The Hall–Kier alpha value is -2.43. The summed E-state index contributed by atoms with van der Waals surface area (Å²) in [6, 6.07) is 18.2. The lowest BCUT2D eigenvalue weighted by Crippen LogP contribution is -2.29. The normalized spacial score (nSPS) is 12.3. The standard InChI is InChI=1S/C17H17N3O/c1-21-17-15(7-4-10-19-17)16(20-18)14-9-8-12-5-2-3-6-13(12)11-14/h2-11,16,20H,18H2,1H3. The number of methoxy groups -OCH3 is 1. The third kappa shape index (κ3) is 2.59. The second-order valence-electron chi connectivity index (χ2n) is 4.81. The molecule has 1 atom stereocenters. The summed E-state index contributed by atoms with van der Waals surface area (Å²) in [5.74, 6) is 6.35. The Morgan fingerprint density at radius 2 is 1.86 bits per heavy atom. The monoisotopic (exact) mass is 279 g/mol. The minimum atomic E-state index is -0.168. The number of hydrazine groups is 1. The van der Waals surface area contributed by atoms with Gasteiger partial charge >= 0.3 is 0 Å². The lowest BCUT2D eigenvalue weighted by atomic mass is 9.97. The van der Waals surface area contributed by atoms with Crippen LogP contribution in [-0.2, 0) is 0 Å². The molecule has 4 nitrogen and oxygen atoms in total. The highest BCUT2D eigenvalue weighted by Gasteiger charge is 2.17. The second kappa shape index (κ2) is 5.91. The van der Waals surface area contributed by atoms with Gasteiger partial charge in [0.15, 0.2) is 0 Å². The Morgan fingerprint density at radius 1 is 1.05 bits per heavy atom. The zero-order valence-electron chi connectivity index (χ0n) is 11.8. The van der Waals surface area contributed by atoms with Crippen molar-refractivity contribution in [2.45, 2.75) is 6.04 Å². The summed E-state index contributed by atoms with van der Waals surface area (Å²) in [6.07, 6.45) is 1.70. The molecule has 0 aliphatic carbocycles. The number of fused-ring (bicyclic) bond motifs is 1. The molecule has 21 heavy (non-hydrogen) atoms. The molecule has 0 amide bonds. The largest absolute Gasteiger partial charge is 0.481 e. The molecular weight excluding hydrogens is 262 g/mol. The van der Waals surface area contributed by atoms with Crippen LogP contribution in [0.25, 0.3) is 10.8 Å². The molecule has 1 heterocycles. The maximum atomic E-state index is 5.77. The molecule has 0 saturated heterocycles. The Kier molecular flexibility index (Phi) is 3.81. The van der Waals surface area contributed by atoms with E-state index in [0.717, 1.165) is 11.1 Å². The Morgan fingerprint density at radius 3 is 2.62 bits per heavy atom. The zero-order chi connectivity index (χ0) is 14.7. The van der Waals surface area contributed by atoms with Gasteiger partial charge in [-0.1, -0.05) is 42.5 Å². The summed E-state index contributed by atoms with van der Waals surface area (Å²) in [6.45, 7) is 0. The van der Waals surface area contributed by atoms with E-state index in [4.69, 9.17) is 10.6 Å². The molecule has 1 aromatic heterocycles. The summed E-state index contributed by atoms with van der Waals surface area (Å²) in [5, 5.41) is 2.38. The second-order valence-corrected chi connectivity index (χ2v) is 4.81. The van der Waals surface area contributed by atoms with Crippen molar-refractivity contribution in [3.05, 3.63) is 71.9 Å². The third-order valence-corrected chi connectivity index (χ3v) is 3.58. The van der Waals surface area contributed by atoms with E-state index < -0.39 is 0 Å². The van der Waals surface area contributed by atoms with E-state index in [-0.39, 0.29) is 6.04 Å². The van der Waals surface area contributed by atoms with Gasteiger partial charge in [0.1, 0.15) is 0 Å². The SMILES string of the molecule is COc1ncccc1C(NN)c1ccc2ccccc2c1. The lowest BCUT2D eigenvalue weighted by molar-refractivity contribution is 0.387. The van der Waals surface area contributed by atoms with Crippen LogP contribution in [0.3, 0.4) is 0 Å². The molecule has 106 valence electrons. The van der Waals surface area contributed by atoms with Gasteiger partial charge in [0, 0.05) is 11.8 Å². The summed E-state index contributed by atoms with van der Waals surface area (Å²) in [4.78, 5) is 4.24. The van der Waals surface area contributed by atoms with Crippen molar-refractivity contribution in [2.24, 2.45) is 5.84 Å². The smallest absolute Gasteiger partial charge is 0.218 e. The summed E-state index contributed by atoms with van der Waals surface area (Å²) in [5.41, 5.74) is 4.84. The van der Waals surface area contributed by atoms with Gasteiger partial charge in [-0.05, 0) is 28.5 Å². The first kappa shape index (κ1) is 13.5. The van der Waals surface area contributed by atoms with Gasteiger partial charge in [0.05, 0.1) is 13.2 Å². The van der Waals surface area contributed by atoms with Crippen molar-refractivity contribution in [3.8, 4) is 5.88 Å². The van der Waals surface area contributed by atoms with E-state index in [1.807, 2.05) is 24.3 Å². The van der Waals surface area contributed by atoms with Gasteiger partial charge in [-0.25, -0.2) is 10.4 Å². The average molecular weight is 279 g/mol. The highest BCUT2D eigenvalue weighted by molar-refractivity contribution is 5.83. The fourth-order valence-electron chi connectivity index (χ4n) is 2.55. The van der Waals surface area contributed by atoms with Crippen molar-refractivity contribution in [3.63, 3.8) is 0 Å². The maximum Gasteiger partial charge on any atom is 0.218 e. The van der Waals surface area contributed by atoms with Crippen molar-refractivity contribution in [1.82, 2.24) is 10.4 Å². The fourth-order valence-corrected chi connectivity index (χ4v) is 2.55. The van der Waals surface area contributed by atoms with Crippen LogP contribution in [0.15, 0.2) is 60.8 Å². The summed E-state index contributed by atoms with van der Waals surface area (Å²) < 4.78 is 5.33. The van der Waals surface area contributed by atoms with Crippen molar-refractivity contribution in [2.75, 3.05) is 7.11 Å². The quantitative estimate of drug-likeness (QED) is 0.569. The molecule has 3 rings (SSSR count). The molecule has 2 aromatic carbocycles. The van der Waals surface area contributed by atoms with E-state index in [0.29, 0.717) is 5.88 Å². The lowest BCUT2D eigenvalue weighted by Gasteiger charge is -2.19. The zero-order valence-corrected chi connectivity index (χ0v) is 11.8. The van der Waals surface area contributed by atoms with Gasteiger partial charge in [0.25, 0.3) is 0 Å².